The van der Waals surface area contributed by atoms with Crippen molar-refractivity contribution in [2.75, 3.05) is 20.1 Å². The number of hydrogen-bond donors (Lipinski definition) is 1. The molecule has 0 bridgehead atoms. The van der Waals surface area contributed by atoms with E-state index in [4.69, 9.17) is 23.2 Å². The molecule has 0 aliphatic carbocycles. The van der Waals surface area contributed by atoms with Gasteiger partial charge in [-0.2, -0.15) is 0 Å². The minimum absolute atomic E-state index is 0.00154. The molecule has 0 radical (unpaired) electrons. The molecule has 2 heterocycles. The number of aromatic nitrogens is 1. The first kappa shape index (κ1) is 18.6. The minimum atomic E-state index is -0.00154. The summed E-state index contributed by atoms with van der Waals surface area (Å²) in [6, 6.07) is 5.72. The average Bonchev–Trinajstić information content (AvgIpc) is 3.03. The zero-order valence-corrected chi connectivity index (χ0v) is 16.4. The van der Waals surface area contributed by atoms with Crippen molar-refractivity contribution in [2.24, 2.45) is 0 Å². The maximum Gasteiger partial charge on any atom is 0.226 e. The van der Waals surface area contributed by atoms with Crippen molar-refractivity contribution in [1.82, 2.24) is 15.2 Å². The maximum atomic E-state index is 11.4. The second kappa shape index (κ2) is 8.49. The summed E-state index contributed by atoms with van der Waals surface area (Å²) in [5.41, 5.74) is 2.13. The largest absolute Gasteiger partial charge is 0.359 e. The molecule has 1 aliphatic heterocycles. The number of nitrogens with zero attached hydrogens (tertiary/aromatic N) is 2. The van der Waals surface area contributed by atoms with Crippen LogP contribution >= 0.6 is 34.5 Å². The summed E-state index contributed by atoms with van der Waals surface area (Å²) >= 11 is 14.2. The van der Waals surface area contributed by atoms with Gasteiger partial charge in [-0.25, -0.2) is 4.98 Å². The molecule has 1 aromatic carbocycles. The van der Waals surface area contributed by atoms with Crippen LogP contribution in [0.3, 0.4) is 0 Å². The Balaban J connectivity index is 1.55. The fraction of sp³-hybridized carbons (Fsp3) is 0.444. The van der Waals surface area contributed by atoms with E-state index >= 15 is 0 Å². The smallest absolute Gasteiger partial charge is 0.226 e. The molecule has 1 aliphatic rings. The molecule has 1 amide bonds. The van der Waals surface area contributed by atoms with Gasteiger partial charge < -0.3 is 5.32 Å². The molecule has 0 spiro atoms. The molecule has 0 unspecified atom stereocenters. The van der Waals surface area contributed by atoms with E-state index in [1.165, 1.54) is 0 Å². The lowest BCUT2D eigenvalue weighted by Gasteiger charge is -2.32. The first-order valence-electron chi connectivity index (χ1n) is 8.37. The van der Waals surface area contributed by atoms with Crippen LogP contribution < -0.4 is 5.32 Å². The maximum absolute atomic E-state index is 11.4. The number of rotatable bonds is 5. The molecular weight excluding hydrogens is 377 g/mol. The summed E-state index contributed by atoms with van der Waals surface area (Å²) in [5.74, 6) is 0.412. The fourth-order valence-corrected chi connectivity index (χ4v) is 4.73. The fourth-order valence-electron chi connectivity index (χ4n) is 3.24. The summed E-state index contributed by atoms with van der Waals surface area (Å²) in [5, 5.41) is 7.08. The molecule has 2 aromatic rings. The number of amides is 1. The van der Waals surface area contributed by atoms with Gasteiger partial charge in [-0.1, -0.05) is 29.3 Å². The van der Waals surface area contributed by atoms with E-state index in [2.05, 4.69) is 20.6 Å². The van der Waals surface area contributed by atoms with Gasteiger partial charge in [0.25, 0.3) is 0 Å². The van der Waals surface area contributed by atoms with E-state index < -0.39 is 0 Å². The summed E-state index contributed by atoms with van der Waals surface area (Å²) in [6.45, 7) is 2.82. The van der Waals surface area contributed by atoms with Gasteiger partial charge in [0.15, 0.2) is 0 Å². The predicted molar refractivity (Wildman–Crippen MR) is 104 cm³/mol. The number of likely N-dealkylation sites (N-methyl/N-ethyl adjacent to an activating group) is 1. The molecule has 7 heteroatoms. The van der Waals surface area contributed by atoms with Crippen molar-refractivity contribution in [2.45, 2.75) is 31.7 Å². The number of carbonyl (C=O) groups is 1. The van der Waals surface area contributed by atoms with E-state index in [0.29, 0.717) is 12.3 Å². The average molecular weight is 398 g/mol. The topological polar surface area (TPSA) is 45.2 Å². The highest BCUT2D eigenvalue weighted by atomic mass is 35.5. The Morgan fingerprint density at radius 3 is 2.64 bits per heavy atom. The minimum Gasteiger partial charge on any atom is -0.359 e. The number of benzene rings is 1. The third-order valence-corrected chi connectivity index (χ3v) is 6.13. The zero-order valence-electron chi connectivity index (χ0n) is 14.1. The highest BCUT2D eigenvalue weighted by Crippen LogP contribution is 2.37. The van der Waals surface area contributed by atoms with E-state index in [1.807, 2.05) is 18.2 Å². The van der Waals surface area contributed by atoms with Crippen LogP contribution in [0.1, 0.15) is 35.0 Å². The van der Waals surface area contributed by atoms with Crippen molar-refractivity contribution in [3.63, 3.8) is 0 Å². The zero-order chi connectivity index (χ0) is 17.8. The van der Waals surface area contributed by atoms with Crippen LogP contribution in [-0.2, 0) is 17.8 Å². The number of likely N-dealkylation sites (tertiary alicyclic amines) is 1. The first-order valence-corrected chi connectivity index (χ1v) is 10.0. The highest BCUT2D eigenvalue weighted by Gasteiger charge is 2.24. The Morgan fingerprint density at radius 1 is 1.32 bits per heavy atom. The van der Waals surface area contributed by atoms with Gasteiger partial charge in [-0.05, 0) is 49.5 Å². The van der Waals surface area contributed by atoms with Crippen LogP contribution in [-0.4, -0.2) is 35.9 Å². The number of halogens is 2. The third kappa shape index (κ3) is 4.73. The summed E-state index contributed by atoms with van der Waals surface area (Å²) in [4.78, 5) is 18.4. The predicted octanol–water partition coefficient (Wildman–Crippen LogP) is 4.12. The summed E-state index contributed by atoms with van der Waals surface area (Å²) in [6.07, 6.45) is 2.44. The molecule has 3 rings (SSSR count). The summed E-state index contributed by atoms with van der Waals surface area (Å²) < 4.78 is 0. The second-order valence-electron chi connectivity index (χ2n) is 6.27. The van der Waals surface area contributed by atoms with E-state index in [9.17, 15) is 4.79 Å². The number of hydrogen-bond acceptors (Lipinski definition) is 4. The molecule has 134 valence electrons. The molecule has 1 saturated heterocycles. The van der Waals surface area contributed by atoms with Crippen LogP contribution in [0.4, 0.5) is 0 Å². The Morgan fingerprint density at radius 2 is 2.00 bits per heavy atom. The lowest BCUT2D eigenvalue weighted by atomic mass is 9.89. The molecule has 4 nitrogen and oxygen atoms in total. The SMILES string of the molecule is CNC(=O)Cc1nc(CN2CCC(c3c(Cl)cccc3Cl)CC2)cs1. The van der Waals surface area contributed by atoms with Crippen LogP contribution in [0.15, 0.2) is 23.6 Å². The van der Waals surface area contributed by atoms with E-state index in [0.717, 1.165) is 58.8 Å². The molecular formula is C18H21Cl2N3OS. The Bertz CT molecular complexity index is 721. The van der Waals surface area contributed by atoms with Crippen molar-refractivity contribution in [1.29, 1.82) is 0 Å². The van der Waals surface area contributed by atoms with Crippen molar-refractivity contribution < 1.29 is 4.79 Å². The number of piperidine rings is 1. The Kier molecular flexibility index (Phi) is 6.34. The molecule has 0 saturated carbocycles. The Hall–Kier alpha value is -1.14. The standard InChI is InChI=1S/C18H21Cl2N3OS/c1-21-16(24)9-17-22-13(11-25-17)10-23-7-5-12(6-8-23)18-14(19)3-2-4-15(18)20/h2-4,11-12H,5-10H2,1H3,(H,21,24). The lowest BCUT2D eigenvalue weighted by molar-refractivity contribution is -0.119. The highest BCUT2D eigenvalue weighted by molar-refractivity contribution is 7.09. The van der Waals surface area contributed by atoms with Crippen LogP contribution in [0.5, 0.6) is 0 Å². The monoisotopic (exact) mass is 397 g/mol. The first-order chi connectivity index (χ1) is 12.1. The van der Waals surface area contributed by atoms with E-state index in [1.54, 1.807) is 18.4 Å². The molecule has 0 atom stereocenters. The van der Waals surface area contributed by atoms with Crippen LogP contribution in [0.2, 0.25) is 10.0 Å². The third-order valence-electron chi connectivity index (χ3n) is 4.57. The van der Waals surface area contributed by atoms with Gasteiger partial charge in [0.1, 0.15) is 5.01 Å². The molecule has 1 aromatic heterocycles. The van der Waals surface area contributed by atoms with Gasteiger partial charge >= 0.3 is 0 Å². The molecule has 25 heavy (non-hydrogen) atoms. The number of nitrogens with one attached hydrogen (secondary N) is 1. The Labute approximate surface area is 162 Å². The van der Waals surface area contributed by atoms with Gasteiger partial charge in [0, 0.05) is 29.0 Å². The number of thiazole rings is 1. The van der Waals surface area contributed by atoms with Gasteiger partial charge in [0.2, 0.25) is 5.91 Å². The molecule has 1 fully saturated rings. The van der Waals surface area contributed by atoms with Crippen LogP contribution in [0, 0.1) is 0 Å². The van der Waals surface area contributed by atoms with E-state index in [-0.39, 0.29) is 5.91 Å². The quantitative estimate of drug-likeness (QED) is 0.824. The van der Waals surface area contributed by atoms with Crippen LogP contribution in [0.25, 0.3) is 0 Å². The van der Waals surface area contributed by atoms with Crippen molar-refractivity contribution >= 4 is 40.4 Å². The number of carbonyl (C=O) groups excluding carboxylic acids is 1. The normalized spacial score (nSPS) is 16.1. The molecule has 1 N–H and O–H groups in total. The lowest BCUT2D eigenvalue weighted by Crippen LogP contribution is -2.32. The summed E-state index contributed by atoms with van der Waals surface area (Å²) in [7, 11) is 1.65. The van der Waals surface area contributed by atoms with Crippen molar-refractivity contribution in [3.8, 4) is 0 Å². The van der Waals surface area contributed by atoms with Gasteiger partial charge in [0.05, 0.1) is 12.1 Å². The van der Waals surface area contributed by atoms with Gasteiger partial charge in [-0.15, -0.1) is 11.3 Å². The van der Waals surface area contributed by atoms with Crippen molar-refractivity contribution in [3.05, 3.63) is 49.9 Å². The van der Waals surface area contributed by atoms with Gasteiger partial charge in [-0.3, -0.25) is 9.69 Å². The second-order valence-corrected chi connectivity index (χ2v) is 8.03.